The van der Waals surface area contributed by atoms with Gasteiger partial charge < -0.3 is 5.32 Å². The Kier molecular flexibility index (Phi) is 4.42. The van der Waals surface area contributed by atoms with Crippen LogP contribution >= 0.6 is 11.8 Å². The highest BCUT2D eigenvalue weighted by atomic mass is 32.2. The van der Waals surface area contributed by atoms with Crippen molar-refractivity contribution in [1.82, 2.24) is 14.9 Å². The zero-order valence-corrected chi connectivity index (χ0v) is 12.8. The number of carbonyl (C=O) groups excluding carboxylic acids is 1. The molecular formula is C15H13F2N3O2S. The van der Waals surface area contributed by atoms with Crippen molar-refractivity contribution < 1.29 is 13.6 Å². The van der Waals surface area contributed by atoms with Crippen LogP contribution in [0.1, 0.15) is 5.56 Å². The molecule has 2 aromatic rings. The molecule has 1 atom stereocenters. The van der Waals surface area contributed by atoms with E-state index in [0.29, 0.717) is 10.9 Å². The number of carbonyl (C=O) groups is 1. The van der Waals surface area contributed by atoms with E-state index in [-0.39, 0.29) is 30.1 Å². The molecule has 0 saturated heterocycles. The first-order valence-electron chi connectivity index (χ1n) is 6.95. The summed E-state index contributed by atoms with van der Waals surface area (Å²) >= 11 is 1.33. The van der Waals surface area contributed by atoms with Gasteiger partial charge in [0.15, 0.2) is 5.16 Å². The van der Waals surface area contributed by atoms with Gasteiger partial charge in [-0.2, -0.15) is 0 Å². The SMILES string of the molecule is O=C(NCc1ccc(F)cc1F)C1CSc2nccc(=O)n2C1. The van der Waals surface area contributed by atoms with Crippen molar-refractivity contribution in [2.75, 3.05) is 5.75 Å². The van der Waals surface area contributed by atoms with Gasteiger partial charge in [0.25, 0.3) is 5.56 Å². The first kappa shape index (κ1) is 15.7. The molecule has 1 N–H and O–H groups in total. The van der Waals surface area contributed by atoms with Crippen molar-refractivity contribution in [3.8, 4) is 0 Å². The lowest BCUT2D eigenvalue weighted by molar-refractivity contribution is -0.125. The fourth-order valence-electron chi connectivity index (χ4n) is 2.30. The van der Waals surface area contributed by atoms with Gasteiger partial charge in [-0.3, -0.25) is 14.2 Å². The van der Waals surface area contributed by atoms with E-state index in [1.807, 2.05) is 0 Å². The average molecular weight is 337 g/mol. The number of amides is 1. The molecule has 0 aliphatic carbocycles. The highest BCUT2D eigenvalue weighted by Gasteiger charge is 2.26. The summed E-state index contributed by atoms with van der Waals surface area (Å²) in [6, 6.07) is 4.56. The van der Waals surface area contributed by atoms with E-state index >= 15 is 0 Å². The standard InChI is InChI=1S/C15H13F2N3O2S/c16-11-2-1-9(12(17)5-11)6-19-14(22)10-7-20-13(21)3-4-18-15(20)23-8-10/h1-5,10H,6-8H2,(H,19,22). The van der Waals surface area contributed by atoms with Crippen molar-refractivity contribution in [3.63, 3.8) is 0 Å². The van der Waals surface area contributed by atoms with Crippen LogP contribution in [0.15, 0.2) is 40.4 Å². The number of nitrogens with one attached hydrogen (secondary N) is 1. The van der Waals surface area contributed by atoms with Crippen LogP contribution < -0.4 is 10.9 Å². The van der Waals surface area contributed by atoms with E-state index in [9.17, 15) is 18.4 Å². The zero-order chi connectivity index (χ0) is 16.4. The number of halogens is 2. The highest BCUT2D eigenvalue weighted by molar-refractivity contribution is 7.99. The molecule has 120 valence electrons. The van der Waals surface area contributed by atoms with Crippen LogP contribution in [0.4, 0.5) is 8.78 Å². The maximum absolute atomic E-state index is 13.5. The van der Waals surface area contributed by atoms with Crippen molar-refractivity contribution in [2.24, 2.45) is 5.92 Å². The summed E-state index contributed by atoms with van der Waals surface area (Å²) in [5.74, 6) is -1.55. The molecule has 1 aliphatic rings. The molecule has 3 rings (SSSR count). The molecule has 1 aromatic heterocycles. The van der Waals surface area contributed by atoms with Crippen molar-refractivity contribution in [2.45, 2.75) is 18.2 Å². The van der Waals surface area contributed by atoms with Crippen molar-refractivity contribution in [3.05, 3.63) is 58.0 Å². The lowest BCUT2D eigenvalue weighted by Gasteiger charge is -2.23. The molecule has 1 aliphatic heterocycles. The highest BCUT2D eigenvalue weighted by Crippen LogP contribution is 2.24. The Hall–Kier alpha value is -2.22. The minimum absolute atomic E-state index is 0.0269. The molecule has 1 aromatic carbocycles. The number of benzene rings is 1. The van der Waals surface area contributed by atoms with Crippen LogP contribution in [0.3, 0.4) is 0 Å². The fraction of sp³-hybridized carbons (Fsp3) is 0.267. The van der Waals surface area contributed by atoms with Crippen LogP contribution in [-0.2, 0) is 17.9 Å². The van der Waals surface area contributed by atoms with E-state index in [4.69, 9.17) is 0 Å². The predicted molar refractivity (Wildman–Crippen MR) is 80.9 cm³/mol. The number of hydrogen-bond donors (Lipinski definition) is 1. The Morgan fingerprint density at radius 3 is 3.00 bits per heavy atom. The number of nitrogens with zero attached hydrogens (tertiary/aromatic N) is 2. The maximum Gasteiger partial charge on any atom is 0.254 e. The number of hydrogen-bond acceptors (Lipinski definition) is 4. The molecule has 1 amide bonds. The smallest absolute Gasteiger partial charge is 0.254 e. The largest absolute Gasteiger partial charge is 0.352 e. The van der Waals surface area contributed by atoms with Crippen LogP contribution in [0, 0.1) is 17.6 Å². The second-order valence-corrected chi connectivity index (χ2v) is 6.12. The third-order valence-corrected chi connectivity index (χ3v) is 4.71. The summed E-state index contributed by atoms with van der Waals surface area (Å²) < 4.78 is 27.8. The van der Waals surface area contributed by atoms with Crippen LogP contribution in [0.2, 0.25) is 0 Å². The third kappa shape index (κ3) is 3.42. The first-order chi connectivity index (χ1) is 11.0. The predicted octanol–water partition coefficient (Wildman–Crippen LogP) is 1.56. The van der Waals surface area contributed by atoms with Gasteiger partial charge in [-0.05, 0) is 6.07 Å². The molecule has 0 saturated carbocycles. The van der Waals surface area contributed by atoms with Crippen LogP contribution in [0.5, 0.6) is 0 Å². The van der Waals surface area contributed by atoms with Crippen molar-refractivity contribution in [1.29, 1.82) is 0 Å². The molecule has 1 unspecified atom stereocenters. The van der Waals surface area contributed by atoms with Gasteiger partial charge in [-0.25, -0.2) is 13.8 Å². The Morgan fingerprint density at radius 1 is 1.39 bits per heavy atom. The Labute approximate surface area is 134 Å². The third-order valence-electron chi connectivity index (χ3n) is 3.55. The summed E-state index contributed by atoms with van der Waals surface area (Å²) in [6.07, 6.45) is 1.44. The lowest BCUT2D eigenvalue weighted by Crippen LogP contribution is -2.39. The summed E-state index contributed by atoms with van der Waals surface area (Å²) in [6.45, 7) is 0.216. The van der Waals surface area contributed by atoms with Gasteiger partial charge in [0.1, 0.15) is 11.6 Å². The molecular weight excluding hydrogens is 324 g/mol. The van der Waals surface area contributed by atoms with E-state index in [0.717, 1.165) is 12.1 Å². The molecule has 0 bridgehead atoms. The van der Waals surface area contributed by atoms with Gasteiger partial charge in [0.05, 0.1) is 5.92 Å². The molecule has 23 heavy (non-hydrogen) atoms. The van der Waals surface area contributed by atoms with Gasteiger partial charge in [0.2, 0.25) is 5.91 Å². The monoisotopic (exact) mass is 337 g/mol. The maximum atomic E-state index is 13.5. The molecule has 8 heteroatoms. The number of rotatable bonds is 3. The Balaban J connectivity index is 1.65. The van der Waals surface area contributed by atoms with Gasteiger partial charge in [0, 0.05) is 42.7 Å². The number of fused-ring (bicyclic) bond motifs is 1. The Bertz CT molecular complexity index is 810. The molecule has 5 nitrogen and oxygen atoms in total. The molecule has 0 radical (unpaired) electrons. The van der Waals surface area contributed by atoms with E-state index < -0.39 is 17.6 Å². The van der Waals surface area contributed by atoms with Crippen LogP contribution in [-0.4, -0.2) is 21.2 Å². The van der Waals surface area contributed by atoms with Crippen molar-refractivity contribution >= 4 is 17.7 Å². The minimum atomic E-state index is -0.700. The van der Waals surface area contributed by atoms with E-state index in [2.05, 4.69) is 10.3 Å². The summed E-state index contributed by atoms with van der Waals surface area (Å²) in [4.78, 5) is 28.1. The lowest BCUT2D eigenvalue weighted by atomic mass is 10.1. The number of aromatic nitrogens is 2. The molecule has 0 spiro atoms. The summed E-state index contributed by atoms with van der Waals surface area (Å²) in [5.41, 5.74) is 0.00650. The summed E-state index contributed by atoms with van der Waals surface area (Å²) in [5, 5.41) is 3.22. The second kappa shape index (κ2) is 6.49. The average Bonchev–Trinajstić information content (AvgIpc) is 2.54. The second-order valence-electron chi connectivity index (χ2n) is 5.14. The molecule has 0 fully saturated rings. The van der Waals surface area contributed by atoms with E-state index in [1.165, 1.54) is 34.7 Å². The molecule has 2 heterocycles. The quantitative estimate of drug-likeness (QED) is 0.864. The Morgan fingerprint density at radius 2 is 2.22 bits per heavy atom. The van der Waals surface area contributed by atoms with Crippen LogP contribution in [0.25, 0.3) is 0 Å². The zero-order valence-electron chi connectivity index (χ0n) is 12.0. The first-order valence-corrected chi connectivity index (χ1v) is 7.93. The fourth-order valence-corrected chi connectivity index (χ4v) is 3.36. The topological polar surface area (TPSA) is 64.0 Å². The minimum Gasteiger partial charge on any atom is -0.352 e. The van der Waals surface area contributed by atoms with Gasteiger partial charge in [-0.15, -0.1) is 0 Å². The normalized spacial score (nSPS) is 16.7. The van der Waals surface area contributed by atoms with E-state index in [1.54, 1.807) is 0 Å². The van der Waals surface area contributed by atoms with Gasteiger partial charge >= 0.3 is 0 Å². The van der Waals surface area contributed by atoms with Gasteiger partial charge in [-0.1, -0.05) is 17.8 Å². The number of thioether (sulfide) groups is 1. The summed E-state index contributed by atoms with van der Waals surface area (Å²) in [7, 11) is 0.